The third-order valence-corrected chi connectivity index (χ3v) is 3.17. The van der Waals surface area contributed by atoms with Crippen LogP contribution in [-0.4, -0.2) is 30.0 Å². The first-order valence-corrected chi connectivity index (χ1v) is 7.99. The van der Waals surface area contributed by atoms with E-state index in [4.69, 9.17) is 0 Å². The second kappa shape index (κ2) is 8.14. The van der Waals surface area contributed by atoms with E-state index in [0.717, 1.165) is 25.8 Å². The number of unbranched alkanes of at least 4 members (excludes halogenated alkanes) is 1. The lowest BCUT2D eigenvalue weighted by Crippen LogP contribution is -2.45. The van der Waals surface area contributed by atoms with E-state index < -0.39 is 0 Å². The Hall–Kier alpha value is -0.410. The predicted molar refractivity (Wildman–Crippen MR) is 88.1 cm³/mol. The summed E-state index contributed by atoms with van der Waals surface area (Å²) < 4.78 is 0. The fraction of sp³-hybridized carbons (Fsp3) is 0.941. The highest BCUT2D eigenvalue weighted by Gasteiger charge is 2.29. The Morgan fingerprint density at radius 1 is 1.00 bits per heavy atom. The molecule has 3 heteroatoms. The van der Waals surface area contributed by atoms with Crippen molar-refractivity contribution in [3.05, 3.63) is 0 Å². The molecule has 0 radical (unpaired) electrons. The van der Waals surface area contributed by atoms with Gasteiger partial charge in [-0.25, -0.2) is 0 Å². The Morgan fingerprint density at radius 2 is 1.55 bits per heavy atom. The van der Waals surface area contributed by atoms with Crippen LogP contribution in [0.5, 0.6) is 0 Å². The first kappa shape index (κ1) is 19.6. The Bertz CT molecular complexity index is 284. The lowest BCUT2D eigenvalue weighted by atomic mass is 9.84. The van der Waals surface area contributed by atoms with E-state index in [1.807, 2.05) is 20.8 Å². The van der Waals surface area contributed by atoms with Crippen molar-refractivity contribution in [1.29, 1.82) is 0 Å². The highest BCUT2D eigenvalue weighted by molar-refractivity contribution is 5.88. The second-order valence-corrected chi connectivity index (χ2v) is 8.16. The zero-order valence-corrected chi connectivity index (χ0v) is 14.9. The molecule has 0 bridgehead atoms. The van der Waals surface area contributed by atoms with E-state index in [1.54, 1.807) is 0 Å². The summed E-state index contributed by atoms with van der Waals surface area (Å²) in [6, 6.07) is 0.337. The van der Waals surface area contributed by atoms with Crippen LogP contribution in [0, 0.1) is 5.41 Å². The van der Waals surface area contributed by atoms with Crippen LogP contribution in [-0.2, 0) is 4.79 Å². The molecule has 0 saturated carbocycles. The second-order valence-electron chi connectivity index (χ2n) is 8.16. The molecule has 1 atom stereocenters. The summed E-state index contributed by atoms with van der Waals surface area (Å²) in [5.74, 6) is 0.329. The zero-order valence-electron chi connectivity index (χ0n) is 14.9. The molecule has 0 spiro atoms. The van der Waals surface area contributed by atoms with Crippen molar-refractivity contribution in [3.8, 4) is 0 Å². The molecule has 0 rings (SSSR count). The fourth-order valence-corrected chi connectivity index (χ4v) is 2.15. The van der Waals surface area contributed by atoms with Gasteiger partial charge in [-0.1, -0.05) is 41.0 Å². The van der Waals surface area contributed by atoms with Gasteiger partial charge in [0.2, 0.25) is 0 Å². The minimum absolute atomic E-state index is 0.00960. The molecule has 3 nitrogen and oxygen atoms in total. The van der Waals surface area contributed by atoms with E-state index >= 15 is 0 Å². The normalized spacial score (nSPS) is 14.7. The van der Waals surface area contributed by atoms with Gasteiger partial charge in [0.15, 0.2) is 5.78 Å². The largest absolute Gasteiger partial charge is 0.312 e. The highest BCUT2D eigenvalue weighted by atomic mass is 16.1. The maximum Gasteiger partial charge on any atom is 0.155 e. The van der Waals surface area contributed by atoms with E-state index in [2.05, 4.69) is 45.3 Å². The summed E-state index contributed by atoms with van der Waals surface area (Å²) in [6.07, 6.45) is 3.13. The smallest absolute Gasteiger partial charge is 0.155 e. The van der Waals surface area contributed by atoms with Gasteiger partial charge in [-0.05, 0) is 40.2 Å². The van der Waals surface area contributed by atoms with Gasteiger partial charge < -0.3 is 10.6 Å². The Balaban J connectivity index is 4.22. The van der Waals surface area contributed by atoms with Gasteiger partial charge in [-0.2, -0.15) is 0 Å². The van der Waals surface area contributed by atoms with Crippen LogP contribution in [0.4, 0.5) is 0 Å². The average molecular weight is 284 g/mol. The van der Waals surface area contributed by atoms with Crippen molar-refractivity contribution < 1.29 is 4.79 Å². The Morgan fingerprint density at radius 3 is 1.95 bits per heavy atom. The third kappa shape index (κ3) is 9.49. The molecule has 0 fully saturated rings. The van der Waals surface area contributed by atoms with Crippen molar-refractivity contribution in [3.63, 3.8) is 0 Å². The van der Waals surface area contributed by atoms with Crippen LogP contribution in [0.3, 0.4) is 0 Å². The van der Waals surface area contributed by atoms with Crippen LogP contribution in [0.2, 0.25) is 0 Å². The molecule has 0 aromatic carbocycles. The minimum atomic E-state index is -0.268. The van der Waals surface area contributed by atoms with Crippen LogP contribution in [0.25, 0.3) is 0 Å². The maximum atomic E-state index is 12.4. The molecule has 120 valence electrons. The van der Waals surface area contributed by atoms with Gasteiger partial charge in [0.25, 0.3) is 0 Å². The molecular formula is C17H36N2O. The first-order chi connectivity index (χ1) is 8.93. The summed E-state index contributed by atoms with van der Waals surface area (Å²) >= 11 is 0. The number of rotatable bonds is 8. The van der Waals surface area contributed by atoms with Crippen LogP contribution < -0.4 is 10.6 Å². The number of hydrogen-bond acceptors (Lipinski definition) is 3. The van der Waals surface area contributed by atoms with Gasteiger partial charge in [0.1, 0.15) is 0 Å². The molecule has 2 N–H and O–H groups in total. The highest BCUT2D eigenvalue weighted by Crippen LogP contribution is 2.19. The van der Waals surface area contributed by atoms with Crippen molar-refractivity contribution in [2.24, 2.45) is 5.41 Å². The number of ketones is 1. The lowest BCUT2D eigenvalue weighted by molar-refractivity contribution is -0.128. The molecule has 0 saturated heterocycles. The lowest BCUT2D eigenvalue weighted by Gasteiger charge is -2.27. The zero-order chi connectivity index (χ0) is 16.0. The first-order valence-electron chi connectivity index (χ1n) is 7.99. The topological polar surface area (TPSA) is 41.1 Å². The molecule has 20 heavy (non-hydrogen) atoms. The number of hydrogen-bond donors (Lipinski definition) is 2. The summed E-state index contributed by atoms with van der Waals surface area (Å²) in [5, 5.41) is 6.91. The molecule has 0 aromatic rings. The van der Waals surface area contributed by atoms with Gasteiger partial charge in [-0.15, -0.1) is 0 Å². The molecular weight excluding hydrogens is 248 g/mol. The fourth-order valence-electron chi connectivity index (χ4n) is 2.15. The maximum absolute atomic E-state index is 12.4. The molecule has 0 aliphatic rings. The van der Waals surface area contributed by atoms with E-state index in [0.29, 0.717) is 11.8 Å². The summed E-state index contributed by atoms with van der Waals surface area (Å²) in [4.78, 5) is 12.4. The van der Waals surface area contributed by atoms with Crippen molar-refractivity contribution in [1.82, 2.24) is 10.6 Å². The van der Waals surface area contributed by atoms with E-state index in [9.17, 15) is 4.79 Å². The SMILES string of the molecule is CC(C)N[C@@H](CCCCNC(C)(C)C)C(=O)C(C)(C)C. The molecule has 0 aromatic heterocycles. The monoisotopic (exact) mass is 284 g/mol. The van der Waals surface area contributed by atoms with Crippen LogP contribution >= 0.6 is 0 Å². The van der Waals surface area contributed by atoms with E-state index in [-0.39, 0.29) is 17.0 Å². The van der Waals surface area contributed by atoms with Gasteiger partial charge >= 0.3 is 0 Å². The van der Waals surface area contributed by atoms with Crippen molar-refractivity contribution >= 4 is 5.78 Å². The van der Waals surface area contributed by atoms with Crippen LogP contribution in [0.15, 0.2) is 0 Å². The quantitative estimate of drug-likeness (QED) is 0.670. The summed E-state index contributed by atoms with van der Waals surface area (Å²) in [5.41, 5.74) is -0.0902. The van der Waals surface area contributed by atoms with E-state index in [1.165, 1.54) is 0 Å². The van der Waals surface area contributed by atoms with Gasteiger partial charge in [-0.3, -0.25) is 4.79 Å². The number of carbonyl (C=O) groups excluding carboxylic acids is 1. The summed E-state index contributed by atoms with van der Waals surface area (Å²) in [6.45, 7) is 17.8. The minimum Gasteiger partial charge on any atom is -0.312 e. The molecule has 0 aliphatic carbocycles. The van der Waals surface area contributed by atoms with Crippen molar-refractivity contribution in [2.45, 2.75) is 92.3 Å². The number of Topliss-reactive ketones (excluding diaryl/α,β-unsaturated/α-hetero) is 1. The molecule has 0 amide bonds. The Labute approximate surface area is 126 Å². The van der Waals surface area contributed by atoms with Gasteiger partial charge in [0.05, 0.1) is 6.04 Å². The molecule has 0 unspecified atom stereocenters. The predicted octanol–water partition coefficient (Wildman–Crippen LogP) is 3.53. The molecule has 0 aliphatic heterocycles. The molecule has 0 heterocycles. The van der Waals surface area contributed by atoms with Crippen LogP contribution in [0.1, 0.15) is 74.7 Å². The standard InChI is InChI=1S/C17H36N2O/c1-13(2)19-14(15(20)16(3,4)5)11-9-10-12-18-17(6,7)8/h13-14,18-19H,9-12H2,1-8H3/t14-/m0/s1. The Kier molecular flexibility index (Phi) is 7.97. The summed E-state index contributed by atoms with van der Waals surface area (Å²) in [7, 11) is 0. The van der Waals surface area contributed by atoms with Gasteiger partial charge in [0, 0.05) is 17.0 Å². The average Bonchev–Trinajstić information content (AvgIpc) is 2.22. The number of nitrogens with one attached hydrogen (secondary N) is 2. The van der Waals surface area contributed by atoms with Crippen molar-refractivity contribution in [2.75, 3.05) is 6.54 Å². The third-order valence-electron chi connectivity index (χ3n) is 3.17. The number of carbonyl (C=O) groups is 1.